The van der Waals surface area contributed by atoms with Gasteiger partial charge in [0.2, 0.25) is 11.1 Å². The molecule has 1 N–H and O–H groups in total. The molecule has 1 heterocycles. The lowest BCUT2D eigenvalue weighted by Crippen LogP contribution is -2.15. The Morgan fingerprint density at radius 3 is 2.23 bits per heavy atom. The molecule has 0 radical (unpaired) electrons. The first-order valence-corrected chi connectivity index (χ1v) is 11.0. The molecule has 31 heavy (non-hydrogen) atoms. The molecule has 154 valence electrons. The predicted molar refractivity (Wildman–Crippen MR) is 126 cm³/mol. The van der Waals surface area contributed by atoms with E-state index in [4.69, 9.17) is 16.6 Å². The van der Waals surface area contributed by atoms with Crippen LogP contribution in [0.3, 0.4) is 0 Å². The van der Waals surface area contributed by atoms with Gasteiger partial charge in [0.1, 0.15) is 11.4 Å². The molecule has 0 atom stereocenters. The van der Waals surface area contributed by atoms with E-state index in [1.54, 1.807) is 12.1 Å². The van der Waals surface area contributed by atoms with E-state index in [0.29, 0.717) is 21.6 Å². The number of aryl methyl sites for hydroxylation is 1. The van der Waals surface area contributed by atoms with Crippen LogP contribution in [0.5, 0.6) is 0 Å². The quantitative estimate of drug-likeness (QED) is 0.373. The minimum absolute atomic E-state index is 0.159. The standard InChI is InChI=1S/C24H19ClN4OS/c1-16-12-13-19(25)14-20(16)26-21(30)15-31-24-27-22(17-8-4-2-5-9-17)23(28-29-24)18-10-6-3-7-11-18/h2-14H,15H2,1H3,(H,26,30). The van der Waals surface area contributed by atoms with E-state index in [0.717, 1.165) is 22.4 Å². The minimum atomic E-state index is -0.160. The Kier molecular flexibility index (Phi) is 6.60. The van der Waals surface area contributed by atoms with Crippen LogP contribution in [-0.2, 0) is 4.79 Å². The molecule has 4 aromatic rings. The zero-order chi connectivity index (χ0) is 21.6. The summed E-state index contributed by atoms with van der Waals surface area (Å²) in [5.41, 5.74) is 4.95. The van der Waals surface area contributed by atoms with Crippen molar-refractivity contribution in [1.29, 1.82) is 0 Å². The van der Waals surface area contributed by atoms with E-state index >= 15 is 0 Å². The van der Waals surface area contributed by atoms with Gasteiger partial charge in [-0.3, -0.25) is 4.79 Å². The van der Waals surface area contributed by atoms with Gasteiger partial charge < -0.3 is 5.32 Å². The second kappa shape index (κ2) is 9.73. The lowest BCUT2D eigenvalue weighted by molar-refractivity contribution is -0.113. The van der Waals surface area contributed by atoms with E-state index in [2.05, 4.69) is 15.5 Å². The van der Waals surface area contributed by atoms with E-state index in [1.165, 1.54) is 11.8 Å². The third-order valence-corrected chi connectivity index (χ3v) is 5.64. The zero-order valence-electron chi connectivity index (χ0n) is 16.7. The van der Waals surface area contributed by atoms with Crippen molar-refractivity contribution in [1.82, 2.24) is 15.2 Å². The number of aromatic nitrogens is 3. The number of nitrogens with zero attached hydrogens (tertiary/aromatic N) is 3. The van der Waals surface area contributed by atoms with E-state index in [9.17, 15) is 4.79 Å². The maximum absolute atomic E-state index is 12.4. The molecule has 0 aliphatic rings. The molecule has 0 saturated carbocycles. The summed E-state index contributed by atoms with van der Waals surface area (Å²) in [7, 11) is 0. The number of hydrogen-bond acceptors (Lipinski definition) is 5. The molecular weight excluding hydrogens is 428 g/mol. The van der Waals surface area contributed by atoms with Gasteiger partial charge in [0, 0.05) is 21.8 Å². The molecule has 1 aromatic heterocycles. The van der Waals surface area contributed by atoms with Crippen LogP contribution in [-0.4, -0.2) is 26.8 Å². The highest BCUT2D eigenvalue weighted by Gasteiger charge is 2.15. The normalized spacial score (nSPS) is 10.6. The Labute approximate surface area is 189 Å². The first-order valence-electron chi connectivity index (χ1n) is 9.64. The van der Waals surface area contributed by atoms with Gasteiger partial charge in [-0.2, -0.15) is 0 Å². The fourth-order valence-electron chi connectivity index (χ4n) is 3.01. The number of amides is 1. The Hall–Kier alpha value is -3.22. The Morgan fingerprint density at radius 2 is 1.55 bits per heavy atom. The molecule has 0 saturated heterocycles. The van der Waals surface area contributed by atoms with Gasteiger partial charge in [-0.25, -0.2) is 4.98 Å². The lowest BCUT2D eigenvalue weighted by atomic mass is 10.0. The Bertz CT molecular complexity index is 1200. The maximum Gasteiger partial charge on any atom is 0.234 e. The van der Waals surface area contributed by atoms with Gasteiger partial charge in [0.05, 0.1) is 5.75 Å². The topological polar surface area (TPSA) is 67.8 Å². The molecule has 4 rings (SSSR count). The Balaban J connectivity index is 1.55. The van der Waals surface area contributed by atoms with Crippen molar-refractivity contribution in [3.05, 3.63) is 89.4 Å². The number of anilines is 1. The van der Waals surface area contributed by atoms with Gasteiger partial charge in [0.15, 0.2) is 0 Å². The zero-order valence-corrected chi connectivity index (χ0v) is 18.3. The van der Waals surface area contributed by atoms with Crippen LogP contribution < -0.4 is 5.32 Å². The van der Waals surface area contributed by atoms with Gasteiger partial charge in [-0.05, 0) is 24.6 Å². The van der Waals surface area contributed by atoms with Crippen LogP contribution in [0.15, 0.2) is 84.0 Å². The molecule has 0 unspecified atom stereocenters. The molecule has 3 aromatic carbocycles. The van der Waals surface area contributed by atoms with Gasteiger partial charge in [-0.1, -0.05) is 90.1 Å². The van der Waals surface area contributed by atoms with Crippen molar-refractivity contribution >= 4 is 35.0 Å². The SMILES string of the molecule is Cc1ccc(Cl)cc1NC(=O)CSc1nnc(-c2ccccc2)c(-c2ccccc2)n1. The second-order valence-corrected chi connectivity index (χ2v) is 8.20. The van der Waals surface area contributed by atoms with Gasteiger partial charge in [-0.15, -0.1) is 10.2 Å². The first kappa shape index (κ1) is 21.0. The number of nitrogens with one attached hydrogen (secondary N) is 1. The summed E-state index contributed by atoms with van der Waals surface area (Å²) >= 11 is 7.27. The lowest BCUT2D eigenvalue weighted by Gasteiger charge is -2.10. The van der Waals surface area contributed by atoms with Crippen LogP contribution in [0.25, 0.3) is 22.5 Å². The fourth-order valence-corrected chi connectivity index (χ4v) is 3.76. The number of thioether (sulfide) groups is 1. The van der Waals surface area contributed by atoms with Crippen molar-refractivity contribution < 1.29 is 4.79 Å². The highest BCUT2D eigenvalue weighted by atomic mass is 35.5. The maximum atomic E-state index is 12.4. The van der Waals surface area contributed by atoms with Gasteiger partial charge >= 0.3 is 0 Å². The molecule has 1 amide bonds. The fraction of sp³-hybridized carbons (Fsp3) is 0.0833. The number of carbonyl (C=O) groups is 1. The van der Waals surface area contributed by atoms with Gasteiger partial charge in [0.25, 0.3) is 0 Å². The number of hydrogen-bond donors (Lipinski definition) is 1. The average molecular weight is 447 g/mol. The molecule has 5 nitrogen and oxygen atoms in total. The summed E-state index contributed by atoms with van der Waals surface area (Å²) in [5, 5.41) is 12.6. The van der Waals surface area contributed by atoms with Crippen LogP contribution in [0.4, 0.5) is 5.69 Å². The second-order valence-electron chi connectivity index (χ2n) is 6.82. The van der Waals surface area contributed by atoms with E-state index < -0.39 is 0 Å². The van der Waals surface area contributed by atoms with Crippen molar-refractivity contribution in [2.24, 2.45) is 0 Å². The molecule has 0 fully saturated rings. The minimum Gasteiger partial charge on any atom is -0.325 e. The average Bonchev–Trinajstić information content (AvgIpc) is 2.81. The molecular formula is C24H19ClN4OS. The number of halogens is 1. The molecule has 0 spiro atoms. The van der Waals surface area contributed by atoms with Crippen molar-refractivity contribution in [2.45, 2.75) is 12.1 Å². The summed E-state index contributed by atoms with van der Waals surface area (Å²) < 4.78 is 0. The highest BCUT2D eigenvalue weighted by molar-refractivity contribution is 7.99. The Morgan fingerprint density at radius 1 is 0.903 bits per heavy atom. The predicted octanol–water partition coefficient (Wildman–Crippen LogP) is 5.90. The molecule has 7 heteroatoms. The van der Waals surface area contributed by atoms with Crippen LogP contribution in [0.2, 0.25) is 5.02 Å². The van der Waals surface area contributed by atoms with Crippen LogP contribution in [0, 0.1) is 6.92 Å². The van der Waals surface area contributed by atoms with Crippen molar-refractivity contribution in [3.63, 3.8) is 0 Å². The summed E-state index contributed by atoms with van der Waals surface area (Å²) in [4.78, 5) is 17.2. The summed E-state index contributed by atoms with van der Waals surface area (Å²) in [6.45, 7) is 1.92. The van der Waals surface area contributed by atoms with Crippen LogP contribution in [0.1, 0.15) is 5.56 Å². The van der Waals surface area contributed by atoms with E-state index in [-0.39, 0.29) is 11.7 Å². The first-order chi connectivity index (χ1) is 15.1. The molecule has 0 bridgehead atoms. The smallest absolute Gasteiger partial charge is 0.234 e. The summed E-state index contributed by atoms with van der Waals surface area (Å²) in [5.74, 6) is -0.000576. The number of rotatable bonds is 6. The molecule has 0 aliphatic carbocycles. The molecule has 0 aliphatic heterocycles. The largest absolute Gasteiger partial charge is 0.325 e. The van der Waals surface area contributed by atoms with Crippen molar-refractivity contribution in [2.75, 3.05) is 11.1 Å². The summed E-state index contributed by atoms with van der Waals surface area (Å²) in [6.07, 6.45) is 0. The summed E-state index contributed by atoms with van der Waals surface area (Å²) in [6, 6.07) is 25.1. The van der Waals surface area contributed by atoms with E-state index in [1.807, 2.05) is 73.7 Å². The highest BCUT2D eigenvalue weighted by Crippen LogP contribution is 2.29. The van der Waals surface area contributed by atoms with Crippen molar-refractivity contribution in [3.8, 4) is 22.5 Å². The number of benzene rings is 3. The third kappa shape index (κ3) is 5.29. The third-order valence-electron chi connectivity index (χ3n) is 4.57. The van der Waals surface area contributed by atoms with Crippen LogP contribution >= 0.6 is 23.4 Å². The number of carbonyl (C=O) groups excluding carboxylic acids is 1. The monoisotopic (exact) mass is 446 g/mol.